The summed E-state index contributed by atoms with van der Waals surface area (Å²) in [5.74, 6) is 0.170. The minimum atomic E-state index is -0.563. The van der Waals surface area contributed by atoms with Gasteiger partial charge in [-0.25, -0.2) is 0 Å². The highest BCUT2D eigenvalue weighted by molar-refractivity contribution is 9.09. The Labute approximate surface area is 136 Å². The Morgan fingerprint density at radius 2 is 2.10 bits per heavy atom. The fraction of sp³-hybridized carbons (Fsp3) is 0.500. The number of piperidine rings is 1. The van der Waals surface area contributed by atoms with Crippen molar-refractivity contribution >= 4 is 39.1 Å². The molecular formula is C14H16BrClN2O3. The number of likely N-dealkylation sites (tertiary alicyclic amines) is 1. The molecule has 1 aromatic rings. The first-order chi connectivity index (χ1) is 9.91. The average Bonchev–Trinajstić information content (AvgIpc) is 2.46. The van der Waals surface area contributed by atoms with E-state index < -0.39 is 4.92 Å². The van der Waals surface area contributed by atoms with Gasteiger partial charge in [-0.3, -0.25) is 14.9 Å². The summed E-state index contributed by atoms with van der Waals surface area (Å²) in [4.78, 5) is 25.1. The van der Waals surface area contributed by atoms with E-state index in [0.29, 0.717) is 23.8 Å². The van der Waals surface area contributed by atoms with Crippen LogP contribution in [0.3, 0.4) is 0 Å². The number of alkyl halides is 1. The predicted molar refractivity (Wildman–Crippen MR) is 85.1 cm³/mol. The first kappa shape index (κ1) is 16.2. The summed E-state index contributed by atoms with van der Waals surface area (Å²) >= 11 is 9.57. The van der Waals surface area contributed by atoms with E-state index in [-0.39, 0.29) is 22.2 Å². The minimum Gasteiger partial charge on any atom is -0.338 e. The quantitative estimate of drug-likeness (QED) is 0.457. The molecule has 1 aromatic carbocycles. The van der Waals surface area contributed by atoms with Crippen LogP contribution in [0.25, 0.3) is 0 Å². The molecule has 1 aliphatic rings. The van der Waals surface area contributed by atoms with Gasteiger partial charge in [-0.15, -0.1) is 0 Å². The van der Waals surface area contributed by atoms with Gasteiger partial charge in [-0.05, 0) is 24.8 Å². The first-order valence-corrected chi connectivity index (χ1v) is 8.07. The number of amides is 1. The Morgan fingerprint density at radius 1 is 1.48 bits per heavy atom. The maximum Gasteiger partial charge on any atom is 0.283 e. The molecule has 0 radical (unpaired) electrons. The molecule has 1 aliphatic heterocycles. The van der Waals surface area contributed by atoms with Crippen LogP contribution in [0, 0.1) is 16.0 Å². The number of hydrogen-bond acceptors (Lipinski definition) is 3. The van der Waals surface area contributed by atoms with E-state index in [9.17, 15) is 14.9 Å². The van der Waals surface area contributed by atoms with Gasteiger partial charge in [0.25, 0.3) is 11.6 Å². The van der Waals surface area contributed by atoms with Crippen molar-refractivity contribution in [3.8, 4) is 0 Å². The van der Waals surface area contributed by atoms with E-state index in [1.807, 2.05) is 0 Å². The van der Waals surface area contributed by atoms with E-state index in [1.54, 1.807) is 4.90 Å². The Kier molecular flexibility index (Phi) is 5.22. The van der Waals surface area contributed by atoms with Gasteiger partial charge < -0.3 is 4.90 Å². The third-order valence-electron chi connectivity index (χ3n) is 3.88. The molecule has 0 spiro atoms. The third-order valence-corrected chi connectivity index (χ3v) is 4.94. The van der Waals surface area contributed by atoms with Crippen molar-refractivity contribution in [2.45, 2.75) is 24.6 Å². The third kappa shape index (κ3) is 3.55. The van der Waals surface area contributed by atoms with Crippen molar-refractivity contribution in [1.29, 1.82) is 0 Å². The van der Waals surface area contributed by atoms with Gasteiger partial charge in [0.15, 0.2) is 0 Å². The largest absolute Gasteiger partial charge is 0.338 e. The Hall–Kier alpha value is -1.14. The van der Waals surface area contributed by atoms with E-state index in [0.717, 1.165) is 12.8 Å². The molecule has 0 N–H and O–H groups in total. The maximum absolute atomic E-state index is 12.5. The second-order valence-corrected chi connectivity index (χ2v) is 7.05. The summed E-state index contributed by atoms with van der Waals surface area (Å²) in [6.07, 6.45) is 1.77. The van der Waals surface area contributed by atoms with Gasteiger partial charge in [0.2, 0.25) is 0 Å². The highest BCUT2D eigenvalue weighted by Gasteiger charge is 2.31. The molecule has 0 aliphatic carbocycles. The van der Waals surface area contributed by atoms with Crippen molar-refractivity contribution in [3.05, 3.63) is 38.9 Å². The Bertz CT molecular complexity index is 557. The molecule has 1 heterocycles. The van der Waals surface area contributed by atoms with Crippen LogP contribution in [0.5, 0.6) is 0 Å². The normalized spacial score (nSPS) is 17.6. The molecule has 0 aromatic heterocycles. The summed E-state index contributed by atoms with van der Waals surface area (Å²) in [5.41, 5.74) is -0.238. The molecule has 0 saturated carbocycles. The number of benzene rings is 1. The van der Waals surface area contributed by atoms with Crippen LogP contribution in [-0.4, -0.2) is 33.6 Å². The molecule has 1 atom stereocenters. The highest BCUT2D eigenvalue weighted by Crippen LogP contribution is 2.30. The molecule has 2 rings (SSSR count). The molecule has 1 fully saturated rings. The zero-order valence-electron chi connectivity index (χ0n) is 11.6. The van der Waals surface area contributed by atoms with Crippen LogP contribution in [-0.2, 0) is 0 Å². The number of halogens is 2. The fourth-order valence-corrected chi connectivity index (χ4v) is 3.38. The fourth-order valence-electron chi connectivity index (χ4n) is 2.60. The van der Waals surface area contributed by atoms with Crippen LogP contribution >= 0.6 is 27.5 Å². The van der Waals surface area contributed by atoms with Crippen molar-refractivity contribution in [1.82, 2.24) is 4.90 Å². The maximum atomic E-state index is 12.5. The molecule has 1 unspecified atom stereocenters. The molecule has 7 heteroatoms. The summed E-state index contributed by atoms with van der Waals surface area (Å²) in [6, 6.07) is 4.30. The molecule has 0 bridgehead atoms. The van der Waals surface area contributed by atoms with Crippen LogP contribution in [0.1, 0.15) is 30.1 Å². The lowest BCUT2D eigenvalue weighted by atomic mass is 9.94. The smallest absolute Gasteiger partial charge is 0.283 e. The van der Waals surface area contributed by atoms with E-state index in [1.165, 1.54) is 18.2 Å². The Morgan fingerprint density at radius 3 is 2.62 bits per heavy atom. The number of nitro benzene ring substituents is 1. The van der Waals surface area contributed by atoms with E-state index >= 15 is 0 Å². The summed E-state index contributed by atoms with van der Waals surface area (Å²) in [5, 5.41) is 11.2. The van der Waals surface area contributed by atoms with Crippen LogP contribution in [0.4, 0.5) is 5.69 Å². The number of nitrogens with zero attached hydrogens (tertiary/aromatic N) is 2. The molecule has 1 saturated heterocycles. The standard InChI is InChI=1S/C14H16BrClN2O3/c1-9(15)10-5-7-17(8-6-10)14(19)13-11(16)3-2-4-12(13)18(20)21/h2-4,9-10H,5-8H2,1H3. The highest BCUT2D eigenvalue weighted by atomic mass is 79.9. The zero-order valence-corrected chi connectivity index (χ0v) is 13.9. The lowest BCUT2D eigenvalue weighted by molar-refractivity contribution is -0.385. The Balaban J connectivity index is 2.20. The molecular weight excluding hydrogens is 360 g/mol. The van der Waals surface area contributed by atoms with Crippen molar-refractivity contribution < 1.29 is 9.72 Å². The van der Waals surface area contributed by atoms with Gasteiger partial charge >= 0.3 is 0 Å². The van der Waals surface area contributed by atoms with Crippen molar-refractivity contribution in [2.75, 3.05) is 13.1 Å². The second kappa shape index (κ2) is 6.75. The van der Waals surface area contributed by atoms with Crippen molar-refractivity contribution in [2.24, 2.45) is 5.92 Å². The lowest BCUT2D eigenvalue weighted by Crippen LogP contribution is -2.40. The number of rotatable bonds is 3. The van der Waals surface area contributed by atoms with Crippen LogP contribution in [0.2, 0.25) is 5.02 Å². The number of carbonyl (C=O) groups is 1. The topological polar surface area (TPSA) is 63.5 Å². The SMILES string of the molecule is CC(Br)C1CCN(C(=O)c2c(Cl)cccc2[N+](=O)[O-])CC1. The summed E-state index contributed by atoms with van der Waals surface area (Å²) in [7, 11) is 0. The lowest BCUT2D eigenvalue weighted by Gasteiger charge is -2.33. The van der Waals surface area contributed by atoms with Gasteiger partial charge in [0.05, 0.1) is 9.95 Å². The second-order valence-electron chi connectivity index (χ2n) is 5.20. The molecule has 21 heavy (non-hydrogen) atoms. The number of carbonyl (C=O) groups excluding carboxylic acids is 1. The zero-order chi connectivity index (χ0) is 15.6. The number of nitro groups is 1. The monoisotopic (exact) mass is 374 g/mol. The average molecular weight is 376 g/mol. The van der Waals surface area contributed by atoms with Gasteiger partial charge in [-0.2, -0.15) is 0 Å². The van der Waals surface area contributed by atoms with Gasteiger partial charge in [-0.1, -0.05) is 40.5 Å². The predicted octanol–water partition coefficient (Wildman–Crippen LogP) is 3.88. The van der Waals surface area contributed by atoms with Gasteiger partial charge in [0.1, 0.15) is 5.56 Å². The first-order valence-electron chi connectivity index (χ1n) is 6.78. The van der Waals surface area contributed by atoms with Crippen LogP contribution < -0.4 is 0 Å². The molecule has 114 valence electrons. The minimum absolute atomic E-state index is 0.00509. The number of hydrogen-bond donors (Lipinski definition) is 0. The van der Waals surface area contributed by atoms with Crippen LogP contribution in [0.15, 0.2) is 18.2 Å². The van der Waals surface area contributed by atoms with E-state index in [4.69, 9.17) is 11.6 Å². The van der Waals surface area contributed by atoms with Crippen molar-refractivity contribution in [3.63, 3.8) is 0 Å². The summed E-state index contributed by atoms with van der Waals surface area (Å²) < 4.78 is 0. The molecule has 5 nitrogen and oxygen atoms in total. The van der Waals surface area contributed by atoms with E-state index in [2.05, 4.69) is 22.9 Å². The summed E-state index contributed by atoms with van der Waals surface area (Å²) in [6.45, 7) is 3.30. The van der Waals surface area contributed by atoms with Gasteiger partial charge in [0, 0.05) is 24.0 Å². The molecule has 1 amide bonds.